The number of nitrogens with zero attached hydrogens (tertiary/aromatic N) is 7. The number of phenols is 1. The Morgan fingerprint density at radius 2 is 1.78 bits per heavy atom. The van der Waals surface area contributed by atoms with Crippen LogP contribution in [0.1, 0.15) is 44.6 Å². The van der Waals surface area contributed by atoms with Gasteiger partial charge in [0, 0.05) is 107 Å². The Morgan fingerprint density at radius 1 is 1.02 bits per heavy atom. The van der Waals surface area contributed by atoms with Gasteiger partial charge in [-0.3, -0.25) is 14.5 Å². The number of terminal acetylenes is 1. The van der Waals surface area contributed by atoms with Crippen molar-refractivity contribution in [3.05, 3.63) is 47.7 Å². The second-order valence-electron chi connectivity index (χ2n) is 16.5. The van der Waals surface area contributed by atoms with E-state index in [1.54, 1.807) is 25.9 Å². The normalized spacial score (nSPS) is 21.7. The van der Waals surface area contributed by atoms with Crippen molar-refractivity contribution in [2.75, 3.05) is 71.6 Å². The molecule has 0 radical (unpaired) electrons. The number of methoxy groups -OCH3 is 2. The highest BCUT2D eigenvalue weighted by Gasteiger charge is 2.50. The van der Waals surface area contributed by atoms with Crippen molar-refractivity contribution < 1.29 is 28.1 Å². The quantitative estimate of drug-likeness (QED) is 0.123. The molecule has 3 saturated heterocycles. The molecule has 2 unspecified atom stereocenters. The molecule has 55 heavy (non-hydrogen) atoms. The maximum absolute atomic E-state index is 17.8. The SMILES string of the molecule is C#Cc1c(F)ccc2cc(O)cc(-c3c(F)c4nc(OCC5(CN6CC(C)(OC)C6)CC5)nc(N5C6CCC5CN(CCCOC)C6)c4c4cn(C)nc34)c12. The smallest absolute Gasteiger partial charge is 0.319 e. The molecule has 3 aromatic carbocycles. The maximum Gasteiger partial charge on any atom is 0.319 e. The first-order chi connectivity index (χ1) is 26.5. The van der Waals surface area contributed by atoms with Gasteiger partial charge in [0.15, 0.2) is 5.82 Å². The average Bonchev–Trinajstić information content (AvgIpc) is 3.73. The molecule has 1 aliphatic carbocycles. The van der Waals surface area contributed by atoms with Gasteiger partial charge in [0.25, 0.3) is 0 Å². The van der Waals surface area contributed by atoms with Crippen molar-refractivity contribution in [2.24, 2.45) is 12.5 Å². The van der Waals surface area contributed by atoms with Crippen LogP contribution in [0.3, 0.4) is 0 Å². The number of piperazine rings is 1. The number of halogens is 2. The predicted octanol–water partition coefficient (Wildman–Crippen LogP) is 5.87. The summed E-state index contributed by atoms with van der Waals surface area (Å²) >= 11 is 0. The molecule has 11 nitrogen and oxygen atoms in total. The van der Waals surface area contributed by atoms with E-state index in [9.17, 15) is 5.11 Å². The molecule has 5 heterocycles. The van der Waals surface area contributed by atoms with Crippen LogP contribution in [0.15, 0.2) is 30.5 Å². The Kier molecular flexibility index (Phi) is 8.88. The van der Waals surface area contributed by atoms with Crippen LogP contribution >= 0.6 is 0 Å². The summed E-state index contributed by atoms with van der Waals surface area (Å²) < 4.78 is 52.2. The van der Waals surface area contributed by atoms with Gasteiger partial charge >= 0.3 is 6.01 Å². The summed E-state index contributed by atoms with van der Waals surface area (Å²) in [6.07, 6.45) is 12.7. The van der Waals surface area contributed by atoms with Crippen LogP contribution in [0, 0.1) is 29.4 Å². The third-order valence-corrected chi connectivity index (χ3v) is 12.4. The molecule has 4 aliphatic rings. The third kappa shape index (κ3) is 6.23. The molecule has 3 aliphatic heterocycles. The largest absolute Gasteiger partial charge is 0.508 e. The second kappa shape index (κ2) is 13.5. The molecule has 2 aromatic heterocycles. The highest BCUT2D eigenvalue weighted by molar-refractivity contribution is 6.18. The number of anilines is 1. The summed E-state index contributed by atoms with van der Waals surface area (Å²) in [6, 6.07) is 6.14. The fourth-order valence-electron chi connectivity index (χ4n) is 9.48. The highest BCUT2D eigenvalue weighted by atomic mass is 19.1. The minimum Gasteiger partial charge on any atom is -0.508 e. The molecule has 9 rings (SSSR count). The van der Waals surface area contributed by atoms with E-state index in [4.69, 9.17) is 35.7 Å². The van der Waals surface area contributed by atoms with E-state index in [2.05, 4.69) is 27.5 Å². The first-order valence-electron chi connectivity index (χ1n) is 19.2. The van der Waals surface area contributed by atoms with E-state index in [1.165, 1.54) is 24.3 Å². The van der Waals surface area contributed by atoms with Crippen LogP contribution in [0.25, 0.3) is 43.7 Å². The van der Waals surface area contributed by atoms with Gasteiger partial charge in [-0.1, -0.05) is 12.0 Å². The van der Waals surface area contributed by atoms with E-state index >= 15 is 8.78 Å². The van der Waals surface area contributed by atoms with Gasteiger partial charge in [-0.05, 0) is 68.2 Å². The summed E-state index contributed by atoms with van der Waals surface area (Å²) in [7, 11) is 5.27. The maximum atomic E-state index is 17.8. The van der Waals surface area contributed by atoms with Gasteiger partial charge in [0.1, 0.15) is 28.4 Å². The molecular weight excluding hydrogens is 705 g/mol. The number of ether oxygens (including phenoxy) is 3. The van der Waals surface area contributed by atoms with E-state index < -0.39 is 11.6 Å². The van der Waals surface area contributed by atoms with Gasteiger partial charge in [-0.25, -0.2) is 8.78 Å². The number of phenolic OH excluding ortho intramolecular Hbond substituents is 1. The molecule has 0 spiro atoms. The van der Waals surface area contributed by atoms with Crippen LogP contribution in [0.2, 0.25) is 0 Å². The van der Waals surface area contributed by atoms with Gasteiger partial charge < -0.3 is 24.2 Å². The van der Waals surface area contributed by atoms with Gasteiger partial charge in [-0.2, -0.15) is 15.1 Å². The van der Waals surface area contributed by atoms with Gasteiger partial charge in [0.05, 0.1) is 23.2 Å². The number of aryl methyl sites for hydroxylation is 1. The number of fused-ring (bicyclic) bond motifs is 6. The van der Waals surface area contributed by atoms with Crippen molar-refractivity contribution in [3.63, 3.8) is 0 Å². The number of likely N-dealkylation sites (tertiary alicyclic amines) is 2. The summed E-state index contributed by atoms with van der Waals surface area (Å²) in [5.74, 6) is 1.70. The highest BCUT2D eigenvalue weighted by Crippen LogP contribution is 2.49. The molecule has 2 bridgehead atoms. The zero-order valence-electron chi connectivity index (χ0n) is 31.9. The predicted molar refractivity (Wildman–Crippen MR) is 208 cm³/mol. The fourth-order valence-corrected chi connectivity index (χ4v) is 9.48. The number of benzene rings is 3. The third-order valence-electron chi connectivity index (χ3n) is 12.4. The van der Waals surface area contributed by atoms with E-state index in [0.717, 1.165) is 71.4 Å². The molecule has 4 fully saturated rings. The van der Waals surface area contributed by atoms with Crippen LogP contribution in [-0.2, 0) is 16.5 Å². The fraction of sp³-hybridized carbons (Fsp3) is 0.500. The molecule has 1 N–H and O–H groups in total. The molecule has 0 amide bonds. The van der Waals surface area contributed by atoms with Crippen LogP contribution in [0.4, 0.5) is 14.6 Å². The monoisotopic (exact) mass is 751 g/mol. The Balaban J connectivity index is 1.20. The molecule has 2 atom stereocenters. The number of rotatable bonds is 12. The molecular formula is C42H47F2N7O4. The molecule has 5 aromatic rings. The standard InChI is InChI=1S/C42H47F2N7O4/c1-6-29-32(43)11-8-25-16-28(52)17-30(33(25)29)34-36(44)38-35(31-20-48(3)47-37(31)34)39(51-26-9-10-27(51)19-49(18-26)14-7-15-53-4)46-40(45-38)55-24-42(12-13-42)23-50-21-41(2,22-50)54-5/h1,8,11,16-17,20,26-27,52H,7,9-10,12-15,18-19,21-24H2,2-5H3. The van der Waals surface area contributed by atoms with Crippen molar-refractivity contribution >= 4 is 38.4 Å². The lowest BCUT2D eigenvalue weighted by Gasteiger charge is -2.48. The van der Waals surface area contributed by atoms with E-state index in [-0.39, 0.29) is 57.1 Å². The van der Waals surface area contributed by atoms with Gasteiger partial charge in [0.2, 0.25) is 0 Å². The van der Waals surface area contributed by atoms with Crippen LogP contribution in [0.5, 0.6) is 11.8 Å². The van der Waals surface area contributed by atoms with Crippen LogP contribution < -0.4 is 9.64 Å². The summed E-state index contributed by atoms with van der Waals surface area (Å²) in [5, 5.41) is 17.7. The zero-order valence-corrected chi connectivity index (χ0v) is 31.9. The summed E-state index contributed by atoms with van der Waals surface area (Å²) in [5.41, 5.74) is 0.541. The molecule has 13 heteroatoms. The lowest BCUT2D eigenvalue weighted by atomic mass is 9.91. The van der Waals surface area contributed by atoms with Crippen molar-refractivity contribution in [1.82, 2.24) is 29.5 Å². The van der Waals surface area contributed by atoms with E-state index in [0.29, 0.717) is 46.1 Å². The first kappa shape index (κ1) is 36.1. The second-order valence-corrected chi connectivity index (χ2v) is 16.5. The number of aromatic hydroxyl groups is 1. The van der Waals surface area contributed by atoms with Crippen molar-refractivity contribution in [3.8, 4) is 35.2 Å². The minimum atomic E-state index is -0.667. The number of hydrogen-bond donors (Lipinski definition) is 1. The Hall–Kier alpha value is -4.61. The van der Waals surface area contributed by atoms with Gasteiger partial charge in [-0.15, -0.1) is 6.42 Å². The topological polar surface area (TPSA) is 101 Å². The zero-order chi connectivity index (χ0) is 38.2. The summed E-state index contributed by atoms with van der Waals surface area (Å²) in [4.78, 5) is 17.3. The number of hydrogen-bond acceptors (Lipinski definition) is 10. The minimum absolute atomic E-state index is 0.0221. The van der Waals surface area contributed by atoms with E-state index in [1.807, 2.05) is 6.20 Å². The Bertz CT molecular complexity index is 2350. The molecule has 288 valence electrons. The van der Waals surface area contributed by atoms with Crippen molar-refractivity contribution in [2.45, 2.75) is 56.7 Å². The van der Waals surface area contributed by atoms with Crippen molar-refractivity contribution in [1.29, 1.82) is 0 Å². The van der Waals surface area contributed by atoms with Crippen LogP contribution in [-0.4, -0.2) is 119 Å². The Morgan fingerprint density at radius 3 is 2.47 bits per heavy atom. The number of aromatic nitrogens is 4. The lowest BCUT2D eigenvalue weighted by molar-refractivity contribution is -0.117. The molecule has 1 saturated carbocycles. The first-order valence-corrected chi connectivity index (χ1v) is 19.2. The average molecular weight is 752 g/mol. The lowest BCUT2D eigenvalue weighted by Crippen LogP contribution is -2.62. The summed E-state index contributed by atoms with van der Waals surface area (Å²) in [6.45, 7) is 8.52. The Labute approximate surface area is 319 Å².